The number of furan rings is 1. The average molecular weight is 350 g/mol. The van der Waals surface area contributed by atoms with Gasteiger partial charge in [-0.25, -0.2) is 0 Å². The zero-order valence-electron chi connectivity index (χ0n) is 15.2. The number of nitrogens with zero attached hydrogens (tertiary/aromatic N) is 2. The Morgan fingerprint density at radius 3 is 1.41 bits per heavy atom. The first-order valence-electron chi connectivity index (χ1n) is 8.99. The van der Waals surface area contributed by atoms with Crippen molar-refractivity contribution in [1.82, 2.24) is 9.97 Å². The summed E-state index contributed by atoms with van der Waals surface area (Å²) in [6.07, 6.45) is 7.32. The van der Waals surface area contributed by atoms with Gasteiger partial charge in [-0.05, 0) is 95.8 Å². The average Bonchev–Trinajstić information content (AvgIpc) is 3.03. The minimum Gasteiger partial charge on any atom is -0.456 e. The molecule has 0 unspecified atom stereocenters. The van der Waals surface area contributed by atoms with Crippen LogP contribution in [0.1, 0.15) is 11.1 Å². The first-order valence-corrected chi connectivity index (χ1v) is 8.99. The van der Waals surface area contributed by atoms with E-state index >= 15 is 0 Å². The van der Waals surface area contributed by atoms with Crippen LogP contribution in [-0.4, -0.2) is 9.97 Å². The van der Waals surface area contributed by atoms with E-state index in [0.29, 0.717) is 0 Å². The molecule has 0 aliphatic carbocycles. The van der Waals surface area contributed by atoms with E-state index in [1.807, 2.05) is 49.1 Å². The first-order chi connectivity index (χ1) is 13.2. The Morgan fingerprint density at radius 2 is 1.00 bits per heavy atom. The Bertz CT molecular complexity index is 1170. The van der Waals surface area contributed by atoms with Crippen molar-refractivity contribution in [3.8, 4) is 22.3 Å². The topological polar surface area (TPSA) is 38.9 Å². The second kappa shape index (κ2) is 6.06. The quantitative estimate of drug-likeness (QED) is 0.373. The van der Waals surface area contributed by atoms with Crippen molar-refractivity contribution in [2.75, 3.05) is 0 Å². The summed E-state index contributed by atoms with van der Waals surface area (Å²) in [6, 6.07) is 16.9. The first kappa shape index (κ1) is 15.8. The molecule has 0 saturated heterocycles. The molecule has 0 spiro atoms. The van der Waals surface area contributed by atoms with Gasteiger partial charge < -0.3 is 4.42 Å². The Morgan fingerprint density at radius 1 is 0.593 bits per heavy atom. The van der Waals surface area contributed by atoms with Crippen LogP contribution in [0.4, 0.5) is 0 Å². The smallest absolute Gasteiger partial charge is 0.135 e. The summed E-state index contributed by atoms with van der Waals surface area (Å²) in [5.41, 5.74) is 8.98. The van der Waals surface area contributed by atoms with E-state index in [0.717, 1.165) is 21.9 Å². The molecule has 0 radical (unpaired) electrons. The van der Waals surface area contributed by atoms with Gasteiger partial charge in [0, 0.05) is 35.6 Å². The van der Waals surface area contributed by atoms with Crippen LogP contribution in [0.5, 0.6) is 0 Å². The second-order valence-electron chi connectivity index (χ2n) is 6.90. The third-order valence-electron chi connectivity index (χ3n) is 5.15. The summed E-state index contributed by atoms with van der Waals surface area (Å²) in [6.45, 7) is 4.24. The maximum atomic E-state index is 6.17. The molecule has 5 aromatic rings. The van der Waals surface area contributed by atoms with Crippen molar-refractivity contribution < 1.29 is 4.42 Å². The van der Waals surface area contributed by atoms with Gasteiger partial charge in [-0.3, -0.25) is 9.97 Å². The molecular formula is C24H18N2O. The number of hydrogen-bond acceptors (Lipinski definition) is 3. The summed E-state index contributed by atoms with van der Waals surface area (Å²) >= 11 is 0. The highest BCUT2D eigenvalue weighted by atomic mass is 16.3. The SMILES string of the molecule is Cc1cc2oc3cc(C)c(-c4ccncc4)cc3c2cc1-c1ccncc1. The molecule has 2 aromatic carbocycles. The minimum absolute atomic E-state index is 0.923. The molecule has 0 bridgehead atoms. The van der Waals surface area contributed by atoms with E-state index in [1.165, 1.54) is 33.4 Å². The van der Waals surface area contributed by atoms with Crippen molar-refractivity contribution in [3.05, 3.63) is 84.4 Å². The molecule has 0 amide bonds. The molecule has 0 saturated carbocycles. The van der Waals surface area contributed by atoms with Crippen molar-refractivity contribution in [2.24, 2.45) is 0 Å². The monoisotopic (exact) mass is 350 g/mol. The maximum Gasteiger partial charge on any atom is 0.135 e. The predicted molar refractivity (Wildman–Crippen MR) is 110 cm³/mol. The van der Waals surface area contributed by atoms with Crippen LogP contribution in [-0.2, 0) is 0 Å². The Hall–Kier alpha value is -3.46. The molecule has 0 atom stereocenters. The highest BCUT2D eigenvalue weighted by Gasteiger charge is 2.14. The number of rotatable bonds is 2. The minimum atomic E-state index is 0.923. The lowest BCUT2D eigenvalue weighted by Crippen LogP contribution is -1.85. The van der Waals surface area contributed by atoms with Gasteiger partial charge in [-0.15, -0.1) is 0 Å². The lowest BCUT2D eigenvalue weighted by Gasteiger charge is -2.07. The number of hydrogen-bond donors (Lipinski definition) is 0. The molecule has 0 aliphatic rings. The highest BCUT2D eigenvalue weighted by molar-refractivity contribution is 6.08. The van der Waals surface area contributed by atoms with E-state index in [2.05, 4.69) is 48.1 Å². The number of aryl methyl sites for hydroxylation is 2. The van der Waals surface area contributed by atoms with Gasteiger partial charge in [0.2, 0.25) is 0 Å². The number of benzene rings is 2. The lowest BCUT2D eigenvalue weighted by atomic mass is 9.96. The fourth-order valence-corrected chi connectivity index (χ4v) is 3.76. The van der Waals surface area contributed by atoms with Gasteiger partial charge in [0.25, 0.3) is 0 Å². The van der Waals surface area contributed by atoms with Crippen molar-refractivity contribution >= 4 is 21.9 Å². The molecule has 0 N–H and O–H groups in total. The third kappa shape index (κ3) is 2.59. The van der Waals surface area contributed by atoms with Crippen LogP contribution in [0.3, 0.4) is 0 Å². The van der Waals surface area contributed by atoms with Crippen molar-refractivity contribution in [2.45, 2.75) is 13.8 Å². The van der Waals surface area contributed by atoms with Crippen LogP contribution < -0.4 is 0 Å². The molecule has 0 fully saturated rings. The van der Waals surface area contributed by atoms with E-state index in [-0.39, 0.29) is 0 Å². The molecule has 27 heavy (non-hydrogen) atoms. The van der Waals surface area contributed by atoms with E-state index in [1.54, 1.807) is 0 Å². The van der Waals surface area contributed by atoms with E-state index in [9.17, 15) is 0 Å². The normalized spacial score (nSPS) is 11.3. The fourth-order valence-electron chi connectivity index (χ4n) is 3.76. The third-order valence-corrected chi connectivity index (χ3v) is 5.15. The van der Waals surface area contributed by atoms with Crippen LogP contribution >= 0.6 is 0 Å². The van der Waals surface area contributed by atoms with Crippen LogP contribution in [0.2, 0.25) is 0 Å². The summed E-state index contributed by atoms with van der Waals surface area (Å²) < 4.78 is 6.17. The zero-order valence-corrected chi connectivity index (χ0v) is 15.2. The second-order valence-corrected chi connectivity index (χ2v) is 6.90. The van der Waals surface area contributed by atoms with Gasteiger partial charge >= 0.3 is 0 Å². The van der Waals surface area contributed by atoms with Crippen LogP contribution in [0, 0.1) is 13.8 Å². The van der Waals surface area contributed by atoms with Gasteiger partial charge in [0.05, 0.1) is 0 Å². The van der Waals surface area contributed by atoms with E-state index in [4.69, 9.17) is 4.42 Å². The van der Waals surface area contributed by atoms with Crippen LogP contribution in [0.15, 0.2) is 77.7 Å². The number of aromatic nitrogens is 2. The Kier molecular flexibility index (Phi) is 3.54. The maximum absolute atomic E-state index is 6.17. The van der Waals surface area contributed by atoms with E-state index < -0.39 is 0 Å². The van der Waals surface area contributed by atoms with Crippen molar-refractivity contribution in [3.63, 3.8) is 0 Å². The molecule has 3 heteroatoms. The van der Waals surface area contributed by atoms with Gasteiger partial charge in [0.1, 0.15) is 11.2 Å². The van der Waals surface area contributed by atoms with Crippen molar-refractivity contribution in [1.29, 1.82) is 0 Å². The summed E-state index contributed by atoms with van der Waals surface area (Å²) in [4.78, 5) is 8.27. The molecule has 3 heterocycles. The number of pyridine rings is 2. The highest BCUT2D eigenvalue weighted by Crippen LogP contribution is 2.37. The largest absolute Gasteiger partial charge is 0.456 e. The van der Waals surface area contributed by atoms with Crippen LogP contribution in [0.25, 0.3) is 44.2 Å². The number of fused-ring (bicyclic) bond motifs is 3. The predicted octanol–water partition coefficient (Wildman–Crippen LogP) is 6.33. The molecule has 3 aromatic heterocycles. The Labute approximate surface area is 157 Å². The molecule has 0 aliphatic heterocycles. The van der Waals surface area contributed by atoms with Gasteiger partial charge in [-0.1, -0.05) is 0 Å². The lowest BCUT2D eigenvalue weighted by molar-refractivity contribution is 0.668. The summed E-state index contributed by atoms with van der Waals surface area (Å²) in [5, 5.41) is 2.27. The Balaban J connectivity index is 1.80. The zero-order chi connectivity index (χ0) is 18.4. The molecule has 3 nitrogen and oxygen atoms in total. The van der Waals surface area contributed by atoms with Gasteiger partial charge in [0.15, 0.2) is 0 Å². The van der Waals surface area contributed by atoms with Gasteiger partial charge in [-0.2, -0.15) is 0 Å². The molecular weight excluding hydrogens is 332 g/mol. The summed E-state index contributed by atoms with van der Waals surface area (Å²) in [7, 11) is 0. The standard InChI is InChI=1S/C24H18N2O/c1-15-11-23-21(13-19(15)17-3-7-25-8-4-17)22-14-20(16(2)12-24(22)27-23)18-5-9-26-10-6-18/h3-14H,1-2H3. The summed E-state index contributed by atoms with van der Waals surface area (Å²) in [5.74, 6) is 0. The fraction of sp³-hybridized carbons (Fsp3) is 0.0833. The molecule has 130 valence electrons. The molecule has 5 rings (SSSR count).